The Bertz CT molecular complexity index is 1210. The van der Waals surface area contributed by atoms with Crippen molar-refractivity contribution < 1.29 is 23.0 Å². The van der Waals surface area contributed by atoms with Crippen LogP contribution >= 0.6 is 0 Å². The quantitative estimate of drug-likeness (QED) is 0.298. The number of ether oxygens (including phenoxy) is 2. The Morgan fingerprint density at radius 2 is 1.56 bits per heavy atom. The molecule has 4 rings (SSSR count). The summed E-state index contributed by atoms with van der Waals surface area (Å²) >= 11 is -2.67. The van der Waals surface area contributed by atoms with Crippen LogP contribution in [0.1, 0.15) is 21.6 Å². The van der Waals surface area contributed by atoms with E-state index in [1.54, 1.807) is 12.1 Å². The van der Waals surface area contributed by atoms with Crippen molar-refractivity contribution in [2.45, 2.75) is 13.2 Å². The van der Waals surface area contributed by atoms with Crippen molar-refractivity contribution in [2.24, 2.45) is 0 Å². The zero-order valence-corrected chi connectivity index (χ0v) is 17.7. The molecule has 4 aromatic rings. The second kappa shape index (κ2) is 10.0. The monoisotopic (exact) mass is 447 g/mol. The minimum absolute atomic E-state index is 0.0281. The summed E-state index contributed by atoms with van der Waals surface area (Å²) in [5, 5.41) is 0. The smallest absolute Gasteiger partial charge is 0.356 e. The second-order valence-electron chi connectivity index (χ2n) is 6.84. The van der Waals surface area contributed by atoms with Crippen LogP contribution in [0.2, 0.25) is 0 Å². The summed E-state index contributed by atoms with van der Waals surface area (Å²) in [5.74, 6) is -0.333. The predicted octanol–water partition coefficient (Wildman–Crippen LogP) is 4.13. The van der Waals surface area contributed by atoms with Gasteiger partial charge < -0.3 is 14.0 Å². The van der Waals surface area contributed by atoms with Gasteiger partial charge in [0.05, 0.1) is 11.3 Å². The molecule has 0 bridgehead atoms. The van der Waals surface area contributed by atoms with Gasteiger partial charge in [-0.05, 0) is 23.3 Å². The molecule has 0 aliphatic rings. The SMILES string of the molecule is O=C(OCc1ccccc1)c1c(-c2ccc(OCc3ccccc3)nc2)ccn1S(=O)[O-]. The molecule has 0 saturated heterocycles. The van der Waals surface area contributed by atoms with Crippen LogP contribution in [-0.2, 0) is 29.2 Å². The van der Waals surface area contributed by atoms with Gasteiger partial charge in [0.15, 0.2) is 0 Å². The van der Waals surface area contributed by atoms with E-state index < -0.39 is 17.2 Å². The van der Waals surface area contributed by atoms with E-state index in [0.717, 1.165) is 15.1 Å². The number of pyridine rings is 1. The minimum atomic E-state index is -2.67. The standard InChI is InChI=1S/C24H20N2O5S/c27-24(31-17-19-9-5-2-6-10-19)23-21(13-14-26(23)32(28)29)20-11-12-22(25-15-20)30-16-18-7-3-1-4-8-18/h1-15H,16-17H2,(H,28,29)/p-1. The third-order valence-corrected chi connectivity index (χ3v) is 5.32. The van der Waals surface area contributed by atoms with E-state index in [0.29, 0.717) is 23.6 Å². The second-order valence-corrected chi connectivity index (χ2v) is 7.67. The largest absolute Gasteiger partial charge is 0.755 e. The summed E-state index contributed by atoms with van der Waals surface area (Å²) in [6.45, 7) is 0.399. The molecule has 2 heterocycles. The van der Waals surface area contributed by atoms with Crippen LogP contribution in [0.5, 0.6) is 5.88 Å². The molecule has 7 nitrogen and oxygen atoms in total. The third-order valence-electron chi connectivity index (χ3n) is 4.70. The molecule has 0 aliphatic carbocycles. The minimum Gasteiger partial charge on any atom is -0.755 e. The number of hydrogen-bond acceptors (Lipinski definition) is 6. The highest BCUT2D eigenvalue weighted by Crippen LogP contribution is 2.27. The highest BCUT2D eigenvalue weighted by atomic mass is 32.2. The van der Waals surface area contributed by atoms with Gasteiger partial charge in [-0.1, -0.05) is 60.7 Å². The van der Waals surface area contributed by atoms with E-state index >= 15 is 0 Å². The van der Waals surface area contributed by atoms with Crippen LogP contribution in [0, 0.1) is 0 Å². The molecule has 1 atom stereocenters. The maximum Gasteiger partial charge on any atom is 0.356 e. The van der Waals surface area contributed by atoms with Crippen molar-refractivity contribution in [3.8, 4) is 17.0 Å². The molecule has 0 aliphatic heterocycles. The number of carbonyl (C=O) groups is 1. The number of aromatic nitrogens is 2. The summed E-state index contributed by atoms with van der Waals surface area (Å²) in [4.78, 5) is 17.0. The molecule has 32 heavy (non-hydrogen) atoms. The van der Waals surface area contributed by atoms with E-state index in [9.17, 15) is 13.6 Å². The van der Waals surface area contributed by atoms with Gasteiger partial charge in [0.2, 0.25) is 5.88 Å². The maximum absolute atomic E-state index is 12.8. The number of benzene rings is 2. The van der Waals surface area contributed by atoms with Crippen LogP contribution in [0.4, 0.5) is 0 Å². The normalized spacial score (nSPS) is 11.7. The fourth-order valence-electron chi connectivity index (χ4n) is 3.12. The topological polar surface area (TPSA) is 93.5 Å². The Morgan fingerprint density at radius 3 is 2.16 bits per heavy atom. The van der Waals surface area contributed by atoms with Gasteiger partial charge in [0.25, 0.3) is 0 Å². The molecular weight excluding hydrogens is 428 g/mol. The molecule has 1 unspecified atom stereocenters. The maximum atomic E-state index is 12.8. The molecule has 0 fully saturated rings. The first-order valence-electron chi connectivity index (χ1n) is 9.77. The molecule has 0 saturated carbocycles. The van der Waals surface area contributed by atoms with Crippen molar-refractivity contribution >= 4 is 17.2 Å². The first-order valence-corrected chi connectivity index (χ1v) is 10.8. The summed E-state index contributed by atoms with van der Waals surface area (Å²) in [5.41, 5.74) is 2.68. The van der Waals surface area contributed by atoms with Gasteiger partial charge in [-0.2, -0.15) is 0 Å². The summed E-state index contributed by atoms with van der Waals surface area (Å²) < 4.78 is 35.2. The van der Waals surface area contributed by atoms with Gasteiger partial charge in [0.1, 0.15) is 18.9 Å². The first kappa shape index (κ1) is 21.5. The summed E-state index contributed by atoms with van der Waals surface area (Å²) in [7, 11) is 0. The number of rotatable bonds is 8. The molecular formula is C24H19N2O5S-. The highest BCUT2D eigenvalue weighted by Gasteiger charge is 2.21. The van der Waals surface area contributed by atoms with Crippen molar-refractivity contribution in [1.29, 1.82) is 0 Å². The number of carbonyl (C=O) groups excluding carboxylic acids is 1. The first-order chi connectivity index (χ1) is 15.6. The Labute approximate surface area is 187 Å². The van der Waals surface area contributed by atoms with Crippen molar-refractivity contribution in [2.75, 3.05) is 0 Å². The third kappa shape index (κ3) is 5.11. The summed E-state index contributed by atoms with van der Waals surface area (Å²) in [6, 6.07) is 23.8. The molecule has 2 aromatic heterocycles. The van der Waals surface area contributed by atoms with Gasteiger partial charge in [-0.25, -0.2) is 9.78 Å². The Hall–Kier alpha value is -3.75. The molecule has 0 amide bonds. The molecule has 8 heteroatoms. The van der Waals surface area contributed by atoms with Gasteiger partial charge in [-0.3, -0.25) is 8.18 Å². The lowest BCUT2D eigenvalue weighted by molar-refractivity contribution is 0.0465. The number of hydrogen-bond donors (Lipinski definition) is 0. The van der Waals surface area contributed by atoms with E-state index in [-0.39, 0.29) is 12.3 Å². The fourth-order valence-corrected chi connectivity index (χ4v) is 3.60. The predicted molar refractivity (Wildman–Crippen MR) is 118 cm³/mol. The van der Waals surface area contributed by atoms with Crippen LogP contribution in [0.3, 0.4) is 0 Å². The molecule has 0 radical (unpaired) electrons. The number of esters is 1. The fraction of sp³-hybridized carbons (Fsp3) is 0.0833. The molecule has 0 N–H and O–H groups in total. The summed E-state index contributed by atoms with van der Waals surface area (Å²) in [6.07, 6.45) is 2.83. The van der Waals surface area contributed by atoms with E-state index in [1.807, 2.05) is 60.7 Å². The van der Waals surface area contributed by atoms with Gasteiger partial charge in [-0.15, -0.1) is 0 Å². The molecule has 162 valence electrons. The van der Waals surface area contributed by atoms with Crippen LogP contribution in [-0.4, -0.2) is 23.7 Å². The van der Waals surface area contributed by atoms with Crippen molar-refractivity contribution in [3.05, 3.63) is 108 Å². The zero-order chi connectivity index (χ0) is 22.3. The molecule has 2 aromatic carbocycles. The lowest BCUT2D eigenvalue weighted by Crippen LogP contribution is -2.15. The zero-order valence-electron chi connectivity index (χ0n) is 16.9. The van der Waals surface area contributed by atoms with E-state index in [1.165, 1.54) is 18.5 Å². The Morgan fingerprint density at radius 1 is 0.906 bits per heavy atom. The van der Waals surface area contributed by atoms with Gasteiger partial charge >= 0.3 is 5.97 Å². The Kier molecular flexibility index (Phi) is 6.74. The van der Waals surface area contributed by atoms with Crippen LogP contribution < -0.4 is 4.74 Å². The average molecular weight is 447 g/mol. The van der Waals surface area contributed by atoms with Gasteiger partial charge in [0, 0.05) is 29.6 Å². The van der Waals surface area contributed by atoms with Crippen LogP contribution in [0.25, 0.3) is 11.1 Å². The van der Waals surface area contributed by atoms with Crippen LogP contribution in [0.15, 0.2) is 91.3 Å². The van der Waals surface area contributed by atoms with E-state index in [4.69, 9.17) is 9.47 Å². The lowest BCUT2D eigenvalue weighted by atomic mass is 10.1. The number of nitrogens with zero attached hydrogens (tertiary/aromatic N) is 2. The lowest BCUT2D eigenvalue weighted by Gasteiger charge is -2.13. The van der Waals surface area contributed by atoms with Crippen molar-refractivity contribution in [3.63, 3.8) is 0 Å². The van der Waals surface area contributed by atoms with Crippen molar-refractivity contribution in [1.82, 2.24) is 8.96 Å². The highest BCUT2D eigenvalue weighted by molar-refractivity contribution is 7.77. The molecule has 0 spiro atoms. The average Bonchev–Trinajstić information content (AvgIpc) is 3.29. The Balaban J connectivity index is 1.52. The van der Waals surface area contributed by atoms with E-state index in [2.05, 4.69) is 4.98 Å².